The number of esters is 5. The van der Waals surface area contributed by atoms with E-state index in [1.807, 2.05) is 24.3 Å². The number of carbonyl (C=O) groups excluding carboxylic acids is 6. The monoisotopic (exact) mass is 1160 g/mol. The van der Waals surface area contributed by atoms with E-state index in [1.54, 1.807) is 43.3 Å². The van der Waals surface area contributed by atoms with Crippen LogP contribution in [0, 0.1) is 0 Å². The van der Waals surface area contributed by atoms with Crippen molar-refractivity contribution in [1.29, 1.82) is 0 Å². The van der Waals surface area contributed by atoms with Gasteiger partial charge in [-0.05, 0) is 65.0 Å². The highest BCUT2D eigenvalue weighted by molar-refractivity contribution is 5.69. The predicted molar refractivity (Wildman–Crippen MR) is 277 cm³/mol. The van der Waals surface area contributed by atoms with E-state index in [1.165, 1.54) is 4.90 Å². The molecule has 34 heteroatoms. The maximum atomic E-state index is 14.1. The van der Waals surface area contributed by atoms with Gasteiger partial charge in [0.2, 0.25) is 0 Å². The lowest BCUT2D eigenvalue weighted by Crippen LogP contribution is -2.62. The number of rotatable bonds is 24. The van der Waals surface area contributed by atoms with E-state index in [0.29, 0.717) is 0 Å². The van der Waals surface area contributed by atoms with Gasteiger partial charge < -0.3 is 56.8 Å². The van der Waals surface area contributed by atoms with Gasteiger partial charge in [0.05, 0.1) is 42.9 Å². The van der Waals surface area contributed by atoms with E-state index >= 15 is 0 Å². The van der Waals surface area contributed by atoms with Crippen molar-refractivity contribution in [1.82, 2.24) is 4.90 Å². The summed E-state index contributed by atoms with van der Waals surface area (Å²) < 4.78 is 72.6. The molecule has 34 nitrogen and oxygen atoms in total. The second-order valence-electron chi connectivity index (χ2n) is 19.2. The standard InChI is InChI=1S/C49H60N16O18/c1-24(65(21-30-13-9-7-10-14-30)49(71)73-22-31-15-11-8-12-16-31)35-18-17-32(56-61-51)46(78-35)81-40-34(58-63-53)19-33(57-62-52)39(74-26(3)67)44(40)83-48-45(77-29(6)70)42(37(80-48)23-72-25(2)66)82-47-38(59-64-54)43(76-28(5)69)41(75-27(4)68)36(79-47)20-55-60-50/h7-16,24,32-48H,17-23H2,1-6H3/t24-,32-,33-,34+,35+,36+,37-,38-,39+,40-,41-,42-,43-,44-,45-,46-,47-,48+/m1/s1. The summed E-state index contributed by atoms with van der Waals surface area (Å²) in [6, 6.07) is 11.6. The lowest BCUT2D eigenvalue weighted by molar-refractivity contribution is -0.294. The maximum Gasteiger partial charge on any atom is 0.410 e. The first-order valence-corrected chi connectivity index (χ1v) is 25.8. The summed E-state index contributed by atoms with van der Waals surface area (Å²) in [5.74, 6) is -4.67. The Morgan fingerprint density at radius 1 is 0.542 bits per heavy atom. The van der Waals surface area contributed by atoms with Crippen LogP contribution in [-0.2, 0) is 94.0 Å². The summed E-state index contributed by atoms with van der Waals surface area (Å²) in [4.78, 5) is 93.7. The van der Waals surface area contributed by atoms with Crippen molar-refractivity contribution in [2.45, 2.75) is 184 Å². The summed E-state index contributed by atoms with van der Waals surface area (Å²) in [6.07, 6.45) is -22.2. The van der Waals surface area contributed by atoms with Crippen LogP contribution < -0.4 is 0 Å². The number of ether oxygens (including phenoxy) is 12. The molecule has 444 valence electrons. The van der Waals surface area contributed by atoms with Crippen LogP contribution in [0.5, 0.6) is 0 Å². The number of nitrogens with zero attached hydrogens (tertiary/aromatic N) is 16. The van der Waals surface area contributed by atoms with Crippen molar-refractivity contribution in [3.8, 4) is 0 Å². The minimum atomic E-state index is -1.95. The molecule has 3 heterocycles. The Morgan fingerprint density at radius 2 is 1.07 bits per heavy atom. The molecule has 83 heavy (non-hydrogen) atoms. The van der Waals surface area contributed by atoms with E-state index in [2.05, 4.69) is 50.1 Å². The second-order valence-corrected chi connectivity index (χ2v) is 19.2. The number of hydrogen-bond donors (Lipinski definition) is 0. The van der Waals surface area contributed by atoms with Crippen LogP contribution in [0.1, 0.15) is 71.9 Å². The minimum Gasteiger partial charge on any atom is -0.463 e. The van der Waals surface area contributed by atoms with Crippen LogP contribution >= 0.6 is 0 Å². The summed E-state index contributed by atoms with van der Waals surface area (Å²) in [6.45, 7) is 5.53. The zero-order valence-electron chi connectivity index (χ0n) is 45.6. The quantitative estimate of drug-likeness (QED) is 0.0334. The molecular weight excluding hydrogens is 1100 g/mol. The van der Waals surface area contributed by atoms with Gasteiger partial charge in [-0.25, -0.2) is 4.79 Å². The molecule has 1 amide bonds. The van der Waals surface area contributed by atoms with Gasteiger partial charge in [-0.2, -0.15) is 0 Å². The van der Waals surface area contributed by atoms with Crippen molar-refractivity contribution in [3.63, 3.8) is 0 Å². The molecule has 1 saturated carbocycles. The summed E-state index contributed by atoms with van der Waals surface area (Å²) in [5.41, 5.74) is 50.3. The van der Waals surface area contributed by atoms with Crippen molar-refractivity contribution < 1.29 is 85.6 Å². The number of carbonyl (C=O) groups is 6. The smallest absolute Gasteiger partial charge is 0.410 e. The van der Waals surface area contributed by atoms with Crippen molar-refractivity contribution in [2.24, 2.45) is 25.6 Å². The Kier molecular flexibility index (Phi) is 23.7. The van der Waals surface area contributed by atoms with E-state index < -0.39 is 159 Å². The Hall–Kier alpha value is -8.63. The van der Waals surface area contributed by atoms with Crippen molar-refractivity contribution >= 4 is 35.9 Å². The average Bonchev–Trinajstić information content (AvgIpc) is 3.95. The fourth-order valence-electron chi connectivity index (χ4n) is 9.97. The van der Waals surface area contributed by atoms with E-state index in [4.69, 9.17) is 56.8 Å². The Morgan fingerprint density at radius 3 is 1.66 bits per heavy atom. The Bertz CT molecular complexity index is 2850. The lowest BCUT2D eigenvalue weighted by Gasteiger charge is -2.47. The third-order valence-corrected chi connectivity index (χ3v) is 13.4. The zero-order chi connectivity index (χ0) is 60.2. The molecule has 4 aliphatic rings. The van der Waals surface area contributed by atoms with Gasteiger partial charge in [-0.1, -0.05) is 86.2 Å². The van der Waals surface area contributed by atoms with Gasteiger partial charge in [-0.3, -0.25) is 28.9 Å². The summed E-state index contributed by atoms with van der Waals surface area (Å²) in [7, 11) is 0. The topological polar surface area (TPSA) is 460 Å². The first kappa shape index (κ1) is 63.6. The number of azide groups is 5. The molecule has 0 N–H and O–H groups in total. The SMILES string of the molecule is CC(=O)OC[C@H]1O[C@@H](O[C@@H]2[C@@H](OC(C)=O)[C@H](N=[N+]=[N-])C[C@H](N=[N+]=[N-])[C@H]2O[C@H]2O[C@H]([C@@H](C)N(Cc3ccccc3)C(=O)OCc3ccccc3)CC[C@H]2N=[N+]=[N-])[C@H](OC(C)=O)[C@@H]1O[C@H]1O[C@@H](CN=[N+]=[N-])[C@@H](OC(C)=O)[C@H](OC(C)=O)[C@H]1N=[N+]=[N-]. The summed E-state index contributed by atoms with van der Waals surface area (Å²) in [5, 5.41) is 19.0. The minimum absolute atomic E-state index is 0.0585. The van der Waals surface area contributed by atoms with Crippen LogP contribution in [-0.4, -0.2) is 164 Å². The molecule has 0 aromatic heterocycles. The highest BCUT2D eigenvalue weighted by Gasteiger charge is 2.58. The van der Waals surface area contributed by atoms with Crippen LogP contribution in [0.4, 0.5) is 4.79 Å². The normalized spacial score (nSPS) is 30.2. The highest BCUT2D eigenvalue weighted by Crippen LogP contribution is 2.41. The van der Waals surface area contributed by atoms with E-state index in [0.717, 1.165) is 45.7 Å². The number of benzene rings is 2. The predicted octanol–water partition coefficient (Wildman–Crippen LogP) is 7.04. The molecular formula is C49H60N16O18. The van der Waals surface area contributed by atoms with E-state index in [9.17, 15) is 56.4 Å². The molecule has 0 spiro atoms. The largest absolute Gasteiger partial charge is 0.463 e. The molecule has 2 aromatic rings. The van der Waals surface area contributed by atoms with Crippen LogP contribution in [0.2, 0.25) is 0 Å². The molecule has 3 aliphatic heterocycles. The van der Waals surface area contributed by atoms with Crippen LogP contribution in [0.15, 0.2) is 86.2 Å². The molecule has 2 aromatic carbocycles. The van der Waals surface area contributed by atoms with Crippen molar-refractivity contribution in [2.75, 3.05) is 13.2 Å². The lowest BCUT2D eigenvalue weighted by atomic mass is 9.83. The number of amides is 1. The number of hydrogen-bond acceptors (Lipinski definition) is 23. The third-order valence-electron chi connectivity index (χ3n) is 13.4. The fraction of sp³-hybridized carbons (Fsp3) is 0.633. The first-order valence-electron chi connectivity index (χ1n) is 25.8. The maximum absolute atomic E-state index is 14.1. The van der Waals surface area contributed by atoms with Gasteiger partial charge in [0.25, 0.3) is 0 Å². The molecule has 6 rings (SSSR count). The average molecular weight is 1160 g/mol. The highest BCUT2D eigenvalue weighted by atomic mass is 16.8. The molecule has 0 radical (unpaired) electrons. The van der Waals surface area contributed by atoms with E-state index in [-0.39, 0.29) is 32.4 Å². The van der Waals surface area contributed by atoms with Gasteiger partial charge >= 0.3 is 35.9 Å². The molecule has 0 bridgehead atoms. The molecule has 0 unspecified atom stereocenters. The zero-order valence-corrected chi connectivity index (χ0v) is 45.6. The van der Waals surface area contributed by atoms with Gasteiger partial charge in [0, 0.05) is 65.7 Å². The molecule has 3 saturated heterocycles. The van der Waals surface area contributed by atoms with Gasteiger partial charge in [0.15, 0.2) is 37.2 Å². The molecule has 4 fully saturated rings. The molecule has 1 aliphatic carbocycles. The Balaban J connectivity index is 1.42. The van der Waals surface area contributed by atoms with Crippen molar-refractivity contribution in [3.05, 3.63) is 124 Å². The van der Waals surface area contributed by atoms with Gasteiger partial charge in [-0.15, -0.1) is 0 Å². The van der Waals surface area contributed by atoms with Crippen LogP contribution in [0.25, 0.3) is 52.2 Å². The van der Waals surface area contributed by atoms with Crippen LogP contribution in [0.3, 0.4) is 0 Å². The third kappa shape index (κ3) is 17.4. The first-order chi connectivity index (χ1) is 39.9. The fourth-order valence-corrected chi connectivity index (χ4v) is 9.97. The van der Waals surface area contributed by atoms with Gasteiger partial charge in [0.1, 0.15) is 49.8 Å². The second kappa shape index (κ2) is 31.0. The Labute approximate surface area is 472 Å². The summed E-state index contributed by atoms with van der Waals surface area (Å²) >= 11 is 0. The molecule has 18 atom stereocenters.